The second-order valence-corrected chi connectivity index (χ2v) is 6.70. The average molecular weight is 406 g/mol. The van der Waals surface area contributed by atoms with Crippen molar-refractivity contribution in [1.82, 2.24) is 19.6 Å². The lowest BCUT2D eigenvalue weighted by atomic mass is 10.0. The van der Waals surface area contributed by atoms with Crippen LogP contribution in [-0.4, -0.2) is 31.3 Å². The van der Waals surface area contributed by atoms with Gasteiger partial charge in [0, 0.05) is 34.7 Å². The Balaban J connectivity index is 1.56. The molecule has 7 nitrogen and oxygen atoms in total. The van der Waals surface area contributed by atoms with Crippen molar-refractivity contribution >= 4 is 29.0 Å². The van der Waals surface area contributed by atoms with E-state index in [0.29, 0.717) is 28.5 Å². The number of hydrogen-bond acceptors (Lipinski definition) is 4. The van der Waals surface area contributed by atoms with E-state index in [1.165, 1.54) is 0 Å². The van der Waals surface area contributed by atoms with E-state index in [-0.39, 0.29) is 11.5 Å². The molecule has 0 unspecified atom stereocenters. The van der Waals surface area contributed by atoms with Crippen molar-refractivity contribution in [1.29, 1.82) is 0 Å². The van der Waals surface area contributed by atoms with Gasteiger partial charge in [-0.1, -0.05) is 41.9 Å². The molecule has 2 aromatic carbocycles. The second kappa shape index (κ2) is 8.12. The Morgan fingerprint density at radius 2 is 1.79 bits per heavy atom. The van der Waals surface area contributed by atoms with Crippen LogP contribution in [0.25, 0.3) is 0 Å². The zero-order valence-electron chi connectivity index (χ0n) is 15.2. The summed E-state index contributed by atoms with van der Waals surface area (Å²) >= 11 is 6.08. The molecule has 0 bridgehead atoms. The quantitative estimate of drug-likeness (QED) is 0.495. The van der Waals surface area contributed by atoms with Gasteiger partial charge in [-0.2, -0.15) is 10.2 Å². The number of ketones is 1. The summed E-state index contributed by atoms with van der Waals surface area (Å²) in [6, 6.07) is 17.0. The maximum absolute atomic E-state index is 12.9. The lowest BCUT2D eigenvalue weighted by Crippen LogP contribution is -2.17. The van der Waals surface area contributed by atoms with Crippen molar-refractivity contribution in [3.8, 4) is 0 Å². The van der Waals surface area contributed by atoms with Crippen LogP contribution in [0.5, 0.6) is 0 Å². The lowest BCUT2D eigenvalue weighted by Gasteiger charge is -2.10. The molecular formula is C21H16ClN5O2. The Morgan fingerprint density at radius 3 is 2.55 bits per heavy atom. The van der Waals surface area contributed by atoms with Crippen LogP contribution >= 0.6 is 11.6 Å². The fourth-order valence-electron chi connectivity index (χ4n) is 2.84. The number of carbonyl (C=O) groups is 2. The number of aromatic nitrogens is 4. The van der Waals surface area contributed by atoms with Gasteiger partial charge in [0.25, 0.3) is 5.91 Å². The maximum Gasteiger partial charge on any atom is 0.276 e. The first kappa shape index (κ1) is 18.6. The maximum atomic E-state index is 12.9. The van der Waals surface area contributed by atoms with E-state index in [0.717, 1.165) is 0 Å². The zero-order chi connectivity index (χ0) is 20.2. The van der Waals surface area contributed by atoms with Gasteiger partial charge in [0.05, 0.1) is 5.69 Å². The molecule has 0 spiro atoms. The van der Waals surface area contributed by atoms with Gasteiger partial charge in [0.1, 0.15) is 6.67 Å². The van der Waals surface area contributed by atoms with E-state index < -0.39 is 5.91 Å². The summed E-state index contributed by atoms with van der Waals surface area (Å²) < 4.78 is 3.28. The Hall–Kier alpha value is -3.71. The topological polar surface area (TPSA) is 81.8 Å². The monoisotopic (exact) mass is 405 g/mol. The van der Waals surface area contributed by atoms with Crippen LogP contribution in [0.2, 0.25) is 5.02 Å². The number of halogens is 1. The standard InChI is InChI=1S/C21H16ClN5O2/c22-16-7-8-18(17(13-16)20(28)15-5-2-1-3-6-15)24-21(29)19-9-12-27(25-19)14-26-11-4-10-23-26/h1-13H,14H2,(H,24,29). The van der Waals surface area contributed by atoms with Gasteiger partial charge < -0.3 is 5.32 Å². The van der Waals surface area contributed by atoms with Crippen LogP contribution in [-0.2, 0) is 6.67 Å². The Bertz CT molecular complexity index is 1150. The number of amides is 1. The number of rotatable bonds is 6. The molecule has 4 aromatic rings. The number of carbonyl (C=O) groups excluding carboxylic acids is 2. The third-order valence-electron chi connectivity index (χ3n) is 4.23. The molecule has 1 amide bonds. The zero-order valence-corrected chi connectivity index (χ0v) is 16.0. The molecular weight excluding hydrogens is 390 g/mol. The Kier molecular flexibility index (Phi) is 5.22. The highest BCUT2D eigenvalue weighted by molar-refractivity contribution is 6.31. The smallest absolute Gasteiger partial charge is 0.276 e. The minimum absolute atomic E-state index is 0.227. The molecule has 1 N–H and O–H groups in total. The molecule has 0 aliphatic rings. The predicted octanol–water partition coefficient (Wildman–Crippen LogP) is 3.72. The normalized spacial score (nSPS) is 10.7. The summed E-state index contributed by atoms with van der Waals surface area (Å²) in [6.07, 6.45) is 5.16. The number of benzene rings is 2. The molecule has 2 heterocycles. The summed E-state index contributed by atoms with van der Waals surface area (Å²) in [4.78, 5) is 25.6. The first-order chi connectivity index (χ1) is 14.1. The van der Waals surface area contributed by atoms with Crippen molar-refractivity contribution in [2.24, 2.45) is 0 Å². The fourth-order valence-corrected chi connectivity index (χ4v) is 3.01. The van der Waals surface area contributed by atoms with E-state index in [2.05, 4.69) is 15.5 Å². The molecule has 8 heteroatoms. The average Bonchev–Trinajstić information content (AvgIpc) is 3.42. The lowest BCUT2D eigenvalue weighted by molar-refractivity contribution is 0.102. The van der Waals surface area contributed by atoms with E-state index in [9.17, 15) is 9.59 Å². The van der Waals surface area contributed by atoms with Crippen molar-refractivity contribution in [2.45, 2.75) is 6.67 Å². The van der Waals surface area contributed by atoms with Gasteiger partial charge in [-0.05, 0) is 30.3 Å². The highest BCUT2D eigenvalue weighted by atomic mass is 35.5. The highest BCUT2D eigenvalue weighted by Gasteiger charge is 2.18. The summed E-state index contributed by atoms with van der Waals surface area (Å²) in [5.74, 6) is -0.652. The second-order valence-electron chi connectivity index (χ2n) is 6.27. The number of nitrogens with one attached hydrogen (secondary N) is 1. The van der Waals surface area contributed by atoms with E-state index >= 15 is 0 Å². The van der Waals surface area contributed by atoms with Gasteiger partial charge in [-0.3, -0.25) is 19.0 Å². The molecule has 2 aromatic heterocycles. The molecule has 0 aliphatic heterocycles. The van der Waals surface area contributed by atoms with Crippen LogP contribution in [0.4, 0.5) is 5.69 Å². The van der Waals surface area contributed by atoms with Crippen LogP contribution in [0, 0.1) is 0 Å². The minimum atomic E-state index is -0.423. The largest absolute Gasteiger partial charge is 0.320 e. The highest BCUT2D eigenvalue weighted by Crippen LogP contribution is 2.24. The molecule has 144 valence electrons. The Labute approximate surface area is 171 Å². The summed E-state index contributed by atoms with van der Waals surface area (Å²) in [7, 11) is 0. The molecule has 0 fully saturated rings. The molecule has 0 aliphatic carbocycles. The summed E-state index contributed by atoms with van der Waals surface area (Å²) in [5.41, 5.74) is 1.42. The number of anilines is 1. The summed E-state index contributed by atoms with van der Waals surface area (Å²) in [5, 5.41) is 11.5. The van der Waals surface area contributed by atoms with Gasteiger partial charge in [0.15, 0.2) is 11.5 Å². The molecule has 4 rings (SSSR count). The molecule has 0 atom stereocenters. The van der Waals surface area contributed by atoms with Crippen LogP contribution in [0.3, 0.4) is 0 Å². The first-order valence-corrected chi connectivity index (χ1v) is 9.19. The Morgan fingerprint density at radius 1 is 0.966 bits per heavy atom. The van der Waals surface area contributed by atoms with E-state index in [1.807, 2.05) is 12.1 Å². The SMILES string of the molecule is O=C(Nc1ccc(Cl)cc1C(=O)c1ccccc1)c1ccn(Cn2cccn2)n1. The fraction of sp³-hybridized carbons (Fsp3) is 0.0476. The van der Waals surface area contributed by atoms with Crippen molar-refractivity contribution in [2.75, 3.05) is 5.32 Å². The molecule has 0 saturated carbocycles. The predicted molar refractivity (Wildman–Crippen MR) is 109 cm³/mol. The summed E-state index contributed by atoms with van der Waals surface area (Å²) in [6.45, 7) is 0.388. The van der Waals surface area contributed by atoms with Crippen molar-refractivity contribution < 1.29 is 9.59 Å². The number of hydrogen-bond donors (Lipinski definition) is 1. The third kappa shape index (κ3) is 4.25. The molecule has 29 heavy (non-hydrogen) atoms. The first-order valence-electron chi connectivity index (χ1n) is 8.82. The minimum Gasteiger partial charge on any atom is -0.320 e. The van der Waals surface area contributed by atoms with Gasteiger partial charge in [0.2, 0.25) is 0 Å². The van der Waals surface area contributed by atoms with Gasteiger partial charge >= 0.3 is 0 Å². The molecule has 0 saturated heterocycles. The van der Waals surface area contributed by atoms with Crippen molar-refractivity contribution in [3.63, 3.8) is 0 Å². The van der Waals surface area contributed by atoms with Crippen LogP contribution < -0.4 is 5.32 Å². The van der Waals surface area contributed by atoms with Gasteiger partial charge in [-0.25, -0.2) is 0 Å². The van der Waals surface area contributed by atoms with Crippen LogP contribution in [0.15, 0.2) is 79.3 Å². The number of nitrogens with zero attached hydrogens (tertiary/aromatic N) is 4. The van der Waals surface area contributed by atoms with Crippen molar-refractivity contribution in [3.05, 3.63) is 101 Å². The van der Waals surface area contributed by atoms with Gasteiger partial charge in [-0.15, -0.1) is 0 Å². The molecule has 0 radical (unpaired) electrons. The third-order valence-corrected chi connectivity index (χ3v) is 4.47. The van der Waals surface area contributed by atoms with E-state index in [1.54, 1.807) is 76.5 Å². The van der Waals surface area contributed by atoms with E-state index in [4.69, 9.17) is 11.6 Å². The van der Waals surface area contributed by atoms with Crippen LogP contribution in [0.1, 0.15) is 26.4 Å².